The minimum absolute atomic E-state index is 0.0425. The van der Waals surface area contributed by atoms with E-state index in [4.69, 9.17) is 9.47 Å². The molecule has 0 spiro atoms. The number of carbonyl (C=O) groups excluding carboxylic acids is 2. The number of rotatable bonds is 20. The zero-order valence-electron chi connectivity index (χ0n) is 24.8. The average molecular weight is 509 g/mol. The van der Waals surface area contributed by atoms with E-state index in [9.17, 15) is 9.59 Å². The lowest BCUT2D eigenvalue weighted by atomic mass is 9.82. The predicted molar refractivity (Wildman–Crippen MR) is 151 cm³/mol. The van der Waals surface area contributed by atoms with Crippen molar-refractivity contribution in [2.75, 3.05) is 13.2 Å². The first kappa shape index (κ1) is 33.0. The van der Waals surface area contributed by atoms with Crippen molar-refractivity contribution in [3.05, 3.63) is 0 Å². The van der Waals surface area contributed by atoms with Crippen LogP contribution in [-0.4, -0.2) is 25.2 Å². The second-order valence-corrected chi connectivity index (χ2v) is 12.7. The lowest BCUT2D eigenvalue weighted by Gasteiger charge is -2.26. The summed E-state index contributed by atoms with van der Waals surface area (Å²) in [7, 11) is 0. The molecule has 2 atom stereocenters. The van der Waals surface area contributed by atoms with E-state index in [1.807, 2.05) is 0 Å². The Morgan fingerprint density at radius 2 is 0.833 bits per heavy atom. The molecule has 0 aromatic carbocycles. The van der Waals surface area contributed by atoms with Gasteiger partial charge in [-0.2, -0.15) is 0 Å². The molecule has 4 heteroatoms. The summed E-state index contributed by atoms with van der Waals surface area (Å²) in [5.41, 5.74) is 0. The molecule has 0 bridgehead atoms. The van der Waals surface area contributed by atoms with Crippen molar-refractivity contribution in [3.63, 3.8) is 0 Å². The first-order valence-corrected chi connectivity index (χ1v) is 15.5. The van der Waals surface area contributed by atoms with E-state index in [1.165, 1.54) is 51.4 Å². The smallest absolute Gasteiger partial charge is 0.308 e. The fourth-order valence-corrected chi connectivity index (χ4v) is 5.39. The Morgan fingerprint density at radius 3 is 1.17 bits per heavy atom. The third kappa shape index (κ3) is 16.6. The SMILES string of the molecule is CC(C)CCCCC(C)CCCOC(=O)C1CCC(C(=O)OCCCC(C)CCCCC(C)C)CC1. The zero-order chi connectivity index (χ0) is 26.8. The van der Waals surface area contributed by atoms with E-state index in [-0.39, 0.29) is 23.8 Å². The Labute approximate surface area is 224 Å². The minimum Gasteiger partial charge on any atom is -0.465 e. The Bertz CT molecular complexity index is 513. The third-order valence-corrected chi connectivity index (χ3v) is 8.02. The monoisotopic (exact) mass is 508 g/mol. The van der Waals surface area contributed by atoms with Gasteiger partial charge in [0.25, 0.3) is 0 Å². The van der Waals surface area contributed by atoms with E-state index in [1.54, 1.807) is 0 Å². The van der Waals surface area contributed by atoms with Crippen LogP contribution in [0.15, 0.2) is 0 Å². The average Bonchev–Trinajstić information content (AvgIpc) is 2.84. The Hall–Kier alpha value is -1.06. The van der Waals surface area contributed by atoms with Crippen molar-refractivity contribution in [3.8, 4) is 0 Å². The number of esters is 2. The predicted octanol–water partition coefficient (Wildman–Crippen LogP) is 9.14. The summed E-state index contributed by atoms with van der Waals surface area (Å²) in [6.45, 7) is 14.8. The van der Waals surface area contributed by atoms with Crippen LogP contribution in [0.5, 0.6) is 0 Å². The summed E-state index contributed by atoms with van der Waals surface area (Å²) in [6, 6.07) is 0. The summed E-state index contributed by atoms with van der Waals surface area (Å²) in [5.74, 6) is 2.80. The highest BCUT2D eigenvalue weighted by Crippen LogP contribution is 2.30. The molecule has 0 radical (unpaired) electrons. The van der Waals surface area contributed by atoms with Gasteiger partial charge >= 0.3 is 11.9 Å². The molecule has 0 N–H and O–H groups in total. The number of ether oxygens (including phenoxy) is 2. The molecule has 36 heavy (non-hydrogen) atoms. The van der Waals surface area contributed by atoms with Crippen LogP contribution in [0.4, 0.5) is 0 Å². The first-order chi connectivity index (χ1) is 17.2. The van der Waals surface area contributed by atoms with Crippen LogP contribution in [-0.2, 0) is 19.1 Å². The third-order valence-electron chi connectivity index (χ3n) is 8.02. The van der Waals surface area contributed by atoms with Crippen molar-refractivity contribution in [1.29, 1.82) is 0 Å². The maximum Gasteiger partial charge on any atom is 0.308 e. The number of unbranched alkanes of at least 4 members (excludes halogenated alkanes) is 2. The van der Waals surface area contributed by atoms with Crippen molar-refractivity contribution in [1.82, 2.24) is 0 Å². The standard InChI is InChI=1S/C32H60O4/c1-25(2)13-7-9-15-27(5)17-11-23-35-31(33)29-19-21-30(22-20-29)32(34)36-24-12-18-28(6)16-10-8-14-26(3)4/h25-30H,7-24H2,1-6H3. The Morgan fingerprint density at radius 1 is 0.528 bits per heavy atom. The van der Waals surface area contributed by atoms with Gasteiger partial charge in [-0.3, -0.25) is 9.59 Å². The molecule has 0 saturated heterocycles. The van der Waals surface area contributed by atoms with Crippen LogP contribution in [0.25, 0.3) is 0 Å². The summed E-state index contributed by atoms with van der Waals surface area (Å²) in [6.07, 6.45) is 17.6. The van der Waals surface area contributed by atoms with Crippen LogP contribution in [0.3, 0.4) is 0 Å². The quantitative estimate of drug-likeness (QED) is 0.121. The van der Waals surface area contributed by atoms with Gasteiger partial charge in [0, 0.05) is 0 Å². The maximum absolute atomic E-state index is 12.5. The topological polar surface area (TPSA) is 52.6 Å². The van der Waals surface area contributed by atoms with Crippen molar-refractivity contribution in [2.45, 2.75) is 144 Å². The number of carbonyl (C=O) groups is 2. The highest BCUT2D eigenvalue weighted by Gasteiger charge is 2.31. The lowest BCUT2D eigenvalue weighted by molar-refractivity contribution is -0.155. The molecule has 1 rings (SSSR count). The van der Waals surface area contributed by atoms with Crippen LogP contribution in [0, 0.1) is 35.5 Å². The maximum atomic E-state index is 12.5. The summed E-state index contributed by atoms with van der Waals surface area (Å²) < 4.78 is 11.2. The molecule has 4 nitrogen and oxygen atoms in total. The molecule has 1 fully saturated rings. The lowest BCUT2D eigenvalue weighted by Crippen LogP contribution is -2.28. The van der Waals surface area contributed by atoms with Gasteiger partial charge in [-0.15, -0.1) is 0 Å². The van der Waals surface area contributed by atoms with E-state index in [0.717, 1.165) is 63.2 Å². The van der Waals surface area contributed by atoms with Crippen molar-refractivity contribution in [2.24, 2.45) is 35.5 Å². The zero-order valence-corrected chi connectivity index (χ0v) is 24.8. The summed E-state index contributed by atoms with van der Waals surface area (Å²) in [5, 5.41) is 0. The van der Waals surface area contributed by atoms with Gasteiger partial charge in [0.1, 0.15) is 0 Å². The highest BCUT2D eigenvalue weighted by molar-refractivity contribution is 5.75. The van der Waals surface area contributed by atoms with Gasteiger partial charge in [0.05, 0.1) is 25.0 Å². The van der Waals surface area contributed by atoms with E-state index in [0.29, 0.717) is 25.0 Å². The van der Waals surface area contributed by atoms with Crippen molar-refractivity contribution < 1.29 is 19.1 Å². The van der Waals surface area contributed by atoms with Gasteiger partial charge in [-0.05, 0) is 75.0 Å². The largest absolute Gasteiger partial charge is 0.465 e. The van der Waals surface area contributed by atoms with Crippen LogP contribution in [0.2, 0.25) is 0 Å². The van der Waals surface area contributed by atoms with Crippen LogP contribution in [0.1, 0.15) is 144 Å². The normalized spacial score (nSPS) is 19.9. The minimum atomic E-state index is -0.0613. The van der Waals surface area contributed by atoms with Gasteiger partial charge in [-0.1, -0.05) is 92.9 Å². The van der Waals surface area contributed by atoms with Gasteiger partial charge in [-0.25, -0.2) is 0 Å². The first-order valence-electron chi connectivity index (χ1n) is 15.5. The fraction of sp³-hybridized carbons (Fsp3) is 0.938. The van der Waals surface area contributed by atoms with E-state index < -0.39 is 0 Å². The molecule has 0 amide bonds. The highest BCUT2D eigenvalue weighted by atomic mass is 16.5. The second-order valence-electron chi connectivity index (χ2n) is 12.7. The molecule has 0 aromatic heterocycles. The van der Waals surface area contributed by atoms with Crippen molar-refractivity contribution >= 4 is 11.9 Å². The molecule has 2 unspecified atom stereocenters. The Kier molecular flexibility index (Phi) is 18.3. The fourth-order valence-electron chi connectivity index (χ4n) is 5.39. The van der Waals surface area contributed by atoms with Gasteiger partial charge in [0.15, 0.2) is 0 Å². The molecule has 0 aromatic rings. The molecular formula is C32H60O4. The Balaban J connectivity index is 2.06. The summed E-state index contributed by atoms with van der Waals surface area (Å²) >= 11 is 0. The van der Waals surface area contributed by atoms with E-state index in [2.05, 4.69) is 41.5 Å². The van der Waals surface area contributed by atoms with Crippen LogP contribution >= 0.6 is 0 Å². The number of hydrogen-bond acceptors (Lipinski definition) is 4. The molecular weight excluding hydrogens is 448 g/mol. The van der Waals surface area contributed by atoms with Gasteiger partial charge in [0.2, 0.25) is 0 Å². The summed E-state index contributed by atoms with van der Waals surface area (Å²) in [4.78, 5) is 24.9. The van der Waals surface area contributed by atoms with Gasteiger partial charge < -0.3 is 9.47 Å². The molecule has 1 saturated carbocycles. The second kappa shape index (κ2) is 20.0. The number of hydrogen-bond donors (Lipinski definition) is 0. The molecule has 212 valence electrons. The molecule has 1 aliphatic carbocycles. The molecule has 1 aliphatic rings. The molecule has 0 heterocycles. The molecule has 0 aliphatic heterocycles. The van der Waals surface area contributed by atoms with E-state index >= 15 is 0 Å². The van der Waals surface area contributed by atoms with Crippen LogP contribution < -0.4 is 0 Å².